The molecule has 2 heteroatoms. The summed E-state index contributed by atoms with van der Waals surface area (Å²) in [5.74, 6) is -0.00986. The number of hydrogen-bond donors (Lipinski definition) is 1. The third-order valence-corrected chi connectivity index (χ3v) is 1.70. The first-order valence-corrected chi connectivity index (χ1v) is 3.66. The molecule has 0 heterocycles. The van der Waals surface area contributed by atoms with Crippen LogP contribution in [0.3, 0.4) is 0 Å². The Labute approximate surface area is 60.6 Å². The number of carbonyl (C=O) groups is 1. The number of Topliss-reactive ketones (excluding diaryl/α,β-unsaturated/α-hetero) is 1. The minimum absolute atomic E-state index is 0.00986. The predicted octanol–water partition coefficient (Wildman–Crippen LogP) is 1.05. The molecule has 0 radical (unpaired) electrons. The van der Waals surface area contributed by atoms with Gasteiger partial charge in [-0.25, -0.2) is 0 Å². The second-order valence-corrected chi connectivity index (χ2v) is 2.57. The first-order valence-electron chi connectivity index (χ1n) is 3.66. The van der Waals surface area contributed by atoms with Gasteiger partial charge in [0, 0.05) is 6.42 Å². The van der Waals surface area contributed by atoms with Gasteiger partial charge in [0.1, 0.15) is 6.10 Å². The number of aliphatic hydroxyl groups is 1. The highest BCUT2D eigenvalue weighted by Gasteiger charge is 2.13. The summed E-state index contributed by atoms with van der Waals surface area (Å²) in [5.41, 5.74) is 0. The third-order valence-electron chi connectivity index (χ3n) is 1.70. The van der Waals surface area contributed by atoms with Crippen LogP contribution in [0.5, 0.6) is 0 Å². The van der Waals surface area contributed by atoms with Gasteiger partial charge in [-0.3, -0.25) is 4.79 Å². The lowest BCUT2D eigenvalue weighted by Crippen LogP contribution is -2.20. The zero-order valence-corrected chi connectivity index (χ0v) is 5.92. The number of hydrogen-bond acceptors (Lipinski definition) is 2. The summed E-state index contributed by atoms with van der Waals surface area (Å²) in [6, 6.07) is 0. The topological polar surface area (TPSA) is 37.3 Å². The lowest BCUT2D eigenvalue weighted by atomic mass is 10.0. The van der Waals surface area contributed by atoms with Crippen molar-refractivity contribution in [2.45, 2.75) is 31.8 Å². The molecule has 1 aliphatic rings. The number of ketones is 1. The third kappa shape index (κ3) is 1.95. The summed E-state index contributed by atoms with van der Waals surface area (Å²) >= 11 is 0. The van der Waals surface area contributed by atoms with E-state index in [0.29, 0.717) is 12.8 Å². The molecule has 0 saturated carbocycles. The largest absolute Gasteiger partial charge is 0.385 e. The van der Waals surface area contributed by atoms with Crippen LogP contribution in [-0.4, -0.2) is 17.0 Å². The SMILES string of the molecule is O=C1CCC=CCC[C@@H]1O. The highest BCUT2D eigenvalue weighted by Crippen LogP contribution is 2.08. The van der Waals surface area contributed by atoms with E-state index in [-0.39, 0.29) is 5.78 Å². The van der Waals surface area contributed by atoms with Crippen LogP contribution < -0.4 is 0 Å². The Balaban J connectivity index is 2.48. The second kappa shape index (κ2) is 3.52. The standard InChI is InChI=1S/C8H12O2/c9-7-5-3-1-2-4-6-8(7)10/h1-2,7,9H,3-6H2/t7-/m0/s1. The Morgan fingerprint density at radius 3 is 2.90 bits per heavy atom. The summed E-state index contributed by atoms with van der Waals surface area (Å²) < 4.78 is 0. The van der Waals surface area contributed by atoms with Gasteiger partial charge < -0.3 is 5.11 Å². The minimum Gasteiger partial charge on any atom is -0.385 e. The van der Waals surface area contributed by atoms with Crippen molar-refractivity contribution in [2.75, 3.05) is 0 Å². The molecule has 1 rings (SSSR count). The van der Waals surface area contributed by atoms with Gasteiger partial charge in [0.2, 0.25) is 0 Å². The minimum atomic E-state index is -0.704. The molecule has 0 amide bonds. The van der Waals surface area contributed by atoms with Gasteiger partial charge in [-0.05, 0) is 19.3 Å². The maximum Gasteiger partial charge on any atom is 0.161 e. The number of rotatable bonds is 0. The highest BCUT2D eigenvalue weighted by atomic mass is 16.3. The van der Waals surface area contributed by atoms with Crippen molar-refractivity contribution >= 4 is 5.78 Å². The smallest absolute Gasteiger partial charge is 0.161 e. The fraction of sp³-hybridized carbons (Fsp3) is 0.625. The molecule has 0 aromatic carbocycles. The van der Waals surface area contributed by atoms with Crippen LogP contribution in [0, 0.1) is 0 Å². The Kier molecular flexibility index (Phi) is 2.63. The molecule has 0 saturated heterocycles. The molecular formula is C8H12O2. The molecule has 0 unspecified atom stereocenters. The van der Waals surface area contributed by atoms with E-state index in [0.717, 1.165) is 12.8 Å². The number of allylic oxidation sites excluding steroid dienone is 2. The van der Waals surface area contributed by atoms with Gasteiger partial charge in [-0.15, -0.1) is 0 Å². The predicted molar refractivity (Wildman–Crippen MR) is 38.6 cm³/mol. The van der Waals surface area contributed by atoms with E-state index in [1.807, 2.05) is 12.2 Å². The Bertz CT molecular complexity index is 149. The molecule has 1 atom stereocenters. The van der Waals surface area contributed by atoms with Crippen LogP contribution in [0.25, 0.3) is 0 Å². The normalized spacial score (nSPS) is 27.7. The molecule has 1 aliphatic carbocycles. The molecule has 1 N–H and O–H groups in total. The molecule has 0 spiro atoms. The van der Waals surface area contributed by atoms with Crippen LogP contribution in [0.1, 0.15) is 25.7 Å². The van der Waals surface area contributed by atoms with Crippen LogP contribution in [-0.2, 0) is 4.79 Å². The van der Waals surface area contributed by atoms with E-state index in [9.17, 15) is 4.79 Å². The lowest BCUT2D eigenvalue weighted by Gasteiger charge is -2.08. The summed E-state index contributed by atoms with van der Waals surface area (Å²) in [6.07, 6.45) is 6.03. The molecular weight excluding hydrogens is 128 g/mol. The van der Waals surface area contributed by atoms with Gasteiger partial charge in [-0.2, -0.15) is 0 Å². The number of aliphatic hydroxyl groups excluding tert-OH is 1. The molecule has 0 aromatic heterocycles. The van der Waals surface area contributed by atoms with E-state index >= 15 is 0 Å². The molecule has 0 bridgehead atoms. The maximum absolute atomic E-state index is 10.9. The Hall–Kier alpha value is -0.630. The first kappa shape index (κ1) is 7.48. The Morgan fingerprint density at radius 1 is 1.40 bits per heavy atom. The summed E-state index contributed by atoms with van der Waals surface area (Å²) in [6.45, 7) is 0. The molecule has 2 nitrogen and oxygen atoms in total. The van der Waals surface area contributed by atoms with Crippen LogP contribution >= 0.6 is 0 Å². The molecule has 56 valence electrons. The quantitative estimate of drug-likeness (QED) is 0.510. The molecule has 10 heavy (non-hydrogen) atoms. The molecule has 0 fully saturated rings. The van der Waals surface area contributed by atoms with E-state index in [4.69, 9.17) is 5.11 Å². The van der Waals surface area contributed by atoms with Gasteiger partial charge in [0.05, 0.1) is 0 Å². The maximum atomic E-state index is 10.9. The summed E-state index contributed by atoms with van der Waals surface area (Å²) in [5, 5.41) is 9.10. The Morgan fingerprint density at radius 2 is 2.10 bits per heavy atom. The summed E-state index contributed by atoms with van der Waals surface area (Å²) in [4.78, 5) is 10.9. The first-order chi connectivity index (χ1) is 4.80. The van der Waals surface area contributed by atoms with Crippen molar-refractivity contribution in [1.29, 1.82) is 0 Å². The number of carbonyl (C=O) groups excluding carboxylic acids is 1. The zero-order chi connectivity index (χ0) is 7.40. The van der Waals surface area contributed by atoms with Crippen molar-refractivity contribution in [2.24, 2.45) is 0 Å². The van der Waals surface area contributed by atoms with Gasteiger partial charge in [0.25, 0.3) is 0 Å². The highest BCUT2D eigenvalue weighted by molar-refractivity contribution is 5.82. The van der Waals surface area contributed by atoms with Crippen molar-refractivity contribution in [3.05, 3.63) is 12.2 Å². The van der Waals surface area contributed by atoms with E-state index in [2.05, 4.69) is 0 Å². The van der Waals surface area contributed by atoms with Gasteiger partial charge >= 0.3 is 0 Å². The van der Waals surface area contributed by atoms with Crippen molar-refractivity contribution < 1.29 is 9.90 Å². The zero-order valence-electron chi connectivity index (χ0n) is 5.92. The van der Waals surface area contributed by atoms with Crippen LogP contribution in [0.2, 0.25) is 0 Å². The average Bonchev–Trinajstić information content (AvgIpc) is 1.92. The van der Waals surface area contributed by atoms with E-state index < -0.39 is 6.10 Å². The molecule has 0 aliphatic heterocycles. The fourth-order valence-electron chi connectivity index (χ4n) is 1.04. The van der Waals surface area contributed by atoms with Gasteiger partial charge in [0.15, 0.2) is 5.78 Å². The fourth-order valence-corrected chi connectivity index (χ4v) is 1.04. The lowest BCUT2D eigenvalue weighted by molar-refractivity contribution is -0.127. The van der Waals surface area contributed by atoms with Gasteiger partial charge in [-0.1, -0.05) is 12.2 Å². The van der Waals surface area contributed by atoms with Crippen molar-refractivity contribution in [1.82, 2.24) is 0 Å². The van der Waals surface area contributed by atoms with E-state index in [1.54, 1.807) is 0 Å². The van der Waals surface area contributed by atoms with Crippen LogP contribution in [0.4, 0.5) is 0 Å². The van der Waals surface area contributed by atoms with Crippen molar-refractivity contribution in [3.8, 4) is 0 Å². The molecule has 0 aromatic rings. The van der Waals surface area contributed by atoms with Crippen LogP contribution in [0.15, 0.2) is 12.2 Å². The van der Waals surface area contributed by atoms with Crippen molar-refractivity contribution in [3.63, 3.8) is 0 Å². The van der Waals surface area contributed by atoms with E-state index in [1.165, 1.54) is 0 Å². The monoisotopic (exact) mass is 140 g/mol. The average molecular weight is 140 g/mol. The summed E-state index contributed by atoms with van der Waals surface area (Å²) in [7, 11) is 0. The second-order valence-electron chi connectivity index (χ2n) is 2.57.